The minimum Gasteiger partial charge on any atom is -0.287 e. The molecular weight excluding hydrogens is 310 g/mol. The third-order valence-corrected chi connectivity index (χ3v) is 3.62. The van der Waals surface area contributed by atoms with E-state index in [1.807, 2.05) is 30.3 Å². The van der Waals surface area contributed by atoms with Gasteiger partial charge in [-0.2, -0.15) is 0 Å². The first kappa shape index (κ1) is 15.1. The van der Waals surface area contributed by atoms with E-state index in [4.69, 9.17) is 11.6 Å². The van der Waals surface area contributed by atoms with Crippen LogP contribution < -0.4 is 0 Å². The lowest BCUT2D eigenvalue weighted by atomic mass is 10.2. The van der Waals surface area contributed by atoms with Gasteiger partial charge in [-0.05, 0) is 42.3 Å². The SMILES string of the molecule is O=C(C#Cc1ccc(Cl)cc1)CC(=O)n1ccc2ccccc21. The Morgan fingerprint density at radius 3 is 2.52 bits per heavy atom. The molecule has 0 spiro atoms. The molecule has 0 fully saturated rings. The van der Waals surface area contributed by atoms with Crippen LogP contribution in [0.15, 0.2) is 60.8 Å². The minimum absolute atomic E-state index is 0.251. The Kier molecular flexibility index (Phi) is 4.27. The maximum Gasteiger partial charge on any atom is 0.239 e. The second-order valence-corrected chi connectivity index (χ2v) is 5.43. The number of carbonyl (C=O) groups excluding carboxylic acids is 2. The molecule has 0 saturated heterocycles. The summed E-state index contributed by atoms with van der Waals surface area (Å²) in [5.74, 6) is 4.53. The van der Waals surface area contributed by atoms with Crippen LogP contribution in [0, 0.1) is 11.8 Å². The van der Waals surface area contributed by atoms with Crippen LogP contribution in [0.1, 0.15) is 16.8 Å². The number of rotatable bonds is 2. The zero-order valence-corrected chi connectivity index (χ0v) is 12.9. The molecule has 4 heteroatoms. The van der Waals surface area contributed by atoms with Gasteiger partial charge in [0.1, 0.15) is 0 Å². The van der Waals surface area contributed by atoms with Crippen LogP contribution in [0.2, 0.25) is 5.02 Å². The van der Waals surface area contributed by atoms with Gasteiger partial charge in [0, 0.05) is 22.2 Å². The van der Waals surface area contributed by atoms with E-state index >= 15 is 0 Å². The van der Waals surface area contributed by atoms with Gasteiger partial charge in [0.25, 0.3) is 0 Å². The zero-order chi connectivity index (χ0) is 16.2. The summed E-state index contributed by atoms with van der Waals surface area (Å²) < 4.78 is 1.48. The van der Waals surface area contributed by atoms with E-state index in [0.29, 0.717) is 10.6 Å². The number of nitrogens with zero attached hydrogens (tertiary/aromatic N) is 1. The van der Waals surface area contributed by atoms with Crippen molar-refractivity contribution >= 4 is 34.2 Å². The number of aromatic nitrogens is 1. The van der Waals surface area contributed by atoms with Crippen molar-refractivity contribution in [1.29, 1.82) is 0 Å². The first-order valence-corrected chi connectivity index (χ1v) is 7.41. The highest BCUT2D eigenvalue weighted by molar-refractivity contribution is 6.30. The van der Waals surface area contributed by atoms with Gasteiger partial charge in [-0.3, -0.25) is 14.2 Å². The molecule has 1 aromatic heterocycles. The minimum atomic E-state index is -0.414. The van der Waals surface area contributed by atoms with E-state index in [2.05, 4.69) is 11.8 Å². The molecule has 0 aliphatic rings. The van der Waals surface area contributed by atoms with Crippen molar-refractivity contribution in [3.8, 4) is 11.8 Å². The summed E-state index contributed by atoms with van der Waals surface area (Å²) in [4.78, 5) is 24.1. The normalized spacial score (nSPS) is 10.1. The molecule has 0 unspecified atom stereocenters. The van der Waals surface area contributed by atoms with Gasteiger partial charge < -0.3 is 0 Å². The summed E-state index contributed by atoms with van der Waals surface area (Å²) in [5.41, 5.74) is 1.47. The highest BCUT2D eigenvalue weighted by Crippen LogP contribution is 2.15. The maximum atomic E-state index is 12.2. The van der Waals surface area contributed by atoms with Crippen LogP contribution in [0.4, 0.5) is 0 Å². The van der Waals surface area contributed by atoms with Crippen LogP contribution in [-0.4, -0.2) is 16.3 Å². The Morgan fingerprint density at radius 1 is 1.00 bits per heavy atom. The van der Waals surface area contributed by atoms with E-state index in [9.17, 15) is 9.59 Å². The summed E-state index contributed by atoms with van der Waals surface area (Å²) in [7, 11) is 0. The third-order valence-electron chi connectivity index (χ3n) is 3.37. The van der Waals surface area contributed by atoms with E-state index in [1.54, 1.807) is 30.5 Å². The quantitative estimate of drug-likeness (QED) is 0.529. The number of halogens is 1. The standard InChI is InChI=1S/C19H12ClNO2/c20-16-8-5-14(6-9-16)7-10-17(22)13-19(23)21-12-11-15-3-1-2-4-18(15)21/h1-6,8-9,11-12H,13H2. The van der Waals surface area contributed by atoms with Crippen molar-refractivity contribution in [2.75, 3.05) is 0 Å². The molecule has 0 aliphatic heterocycles. The number of para-hydroxylation sites is 1. The molecule has 0 amide bonds. The third kappa shape index (κ3) is 3.50. The first-order valence-electron chi connectivity index (χ1n) is 7.03. The number of hydrogen-bond donors (Lipinski definition) is 0. The number of carbonyl (C=O) groups is 2. The van der Waals surface area contributed by atoms with Gasteiger partial charge in [0.2, 0.25) is 11.7 Å². The molecule has 2 aromatic carbocycles. The van der Waals surface area contributed by atoms with Gasteiger partial charge in [-0.25, -0.2) is 0 Å². The number of hydrogen-bond acceptors (Lipinski definition) is 2. The molecule has 112 valence electrons. The molecule has 0 bridgehead atoms. The lowest BCUT2D eigenvalue weighted by Gasteiger charge is -2.01. The van der Waals surface area contributed by atoms with Gasteiger partial charge in [-0.15, -0.1) is 0 Å². The monoisotopic (exact) mass is 321 g/mol. The lowest BCUT2D eigenvalue weighted by molar-refractivity contribution is -0.113. The fraction of sp³-hybridized carbons (Fsp3) is 0.0526. The van der Waals surface area contributed by atoms with E-state index < -0.39 is 5.78 Å². The Balaban J connectivity index is 1.73. The van der Waals surface area contributed by atoms with Crippen molar-refractivity contribution < 1.29 is 9.59 Å². The van der Waals surface area contributed by atoms with Crippen LogP contribution in [0.3, 0.4) is 0 Å². The number of fused-ring (bicyclic) bond motifs is 1. The molecule has 1 heterocycles. The summed E-state index contributed by atoms with van der Waals surface area (Å²) in [6, 6.07) is 16.2. The molecule has 0 atom stereocenters. The maximum absolute atomic E-state index is 12.2. The molecule has 0 aliphatic carbocycles. The van der Waals surface area contributed by atoms with Crippen LogP contribution in [-0.2, 0) is 4.79 Å². The van der Waals surface area contributed by atoms with Gasteiger partial charge in [0.15, 0.2) is 0 Å². The molecular formula is C19H12ClNO2. The van der Waals surface area contributed by atoms with Crippen LogP contribution >= 0.6 is 11.6 Å². The van der Waals surface area contributed by atoms with Gasteiger partial charge >= 0.3 is 0 Å². The number of Topliss-reactive ketones (excluding diaryl/α,β-unsaturated/α-hetero) is 1. The highest BCUT2D eigenvalue weighted by Gasteiger charge is 2.11. The molecule has 0 radical (unpaired) electrons. The van der Waals surface area contributed by atoms with Crippen molar-refractivity contribution in [1.82, 2.24) is 4.57 Å². The van der Waals surface area contributed by atoms with Crippen LogP contribution in [0.25, 0.3) is 10.9 Å². The number of ketones is 1. The van der Waals surface area contributed by atoms with E-state index in [0.717, 1.165) is 10.9 Å². The lowest BCUT2D eigenvalue weighted by Crippen LogP contribution is -2.13. The first-order chi connectivity index (χ1) is 11.1. The second kappa shape index (κ2) is 6.51. The van der Waals surface area contributed by atoms with Crippen molar-refractivity contribution in [3.63, 3.8) is 0 Å². The molecule has 3 rings (SSSR count). The summed E-state index contributed by atoms with van der Waals surface area (Å²) in [6.07, 6.45) is 1.42. The van der Waals surface area contributed by atoms with Gasteiger partial charge in [0.05, 0.1) is 11.9 Å². The zero-order valence-electron chi connectivity index (χ0n) is 12.1. The second-order valence-electron chi connectivity index (χ2n) is 5.00. The Bertz CT molecular complexity index is 943. The molecule has 3 nitrogen and oxygen atoms in total. The molecule has 0 N–H and O–H groups in total. The topological polar surface area (TPSA) is 39.1 Å². The van der Waals surface area contributed by atoms with Crippen molar-refractivity contribution in [2.24, 2.45) is 0 Å². The smallest absolute Gasteiger partial charge is 0.239 e. The predicted molar refractivity (Wildman–Crippen MR) is 90.5 cm³/mol. The van der Waals surface area contributed by atoms with Gasteiger partial charge in [-0.1, -0.05) is 35.7 Å². The summed E-state index contributed by atoms with van der Waals surface area (Å²) in [6.45, 7) is 0. The Hall–Kier alpha value is -2.83. The molecule has 23 heavy (non-hydrogen) atoms. The highest BCUT2D eigenvalue weighted by atomic mass is 35.5. The van der Waals surface area contributed by atoms with E-state index in [1.165, 1.54) is 4.57 Å². The summed E-state index contributed by atoms with van der Waals surface area (Å²) in [5, 5.41) is 1.57. The average molecular weight is 322 g/mol. The molecule has 0 saturated carbocycles. The van der Waals surface area contributed by atoms with Crippen molar-refractivity contribution in [3.05, 3.63) is 71.4 Å². The average Bonchev–Trinajstić information content (AvgIpc) is 2.98. The Labute approximate surface area is 138 Å². The van der Waals surface area contributed by atoms with Crippen molar-refractivity contribution in [2.45, 2.75) is 6.42 Å². The Morgan fingerprint density at radius 2 is 1.74 bits per heavy atom. The number of benzene rings is 2. The predicted octanol–water partition coefficient (Wildman–Crippen LogP) is 3.95. The van der Waals surface area contributed by atoms with Crippen LogP contribution in [0.5, 0.6) is 0 Å². The fourth-order valence-electron chi connectivity index (χ4n) is 2.24. The fourth-order valence-corrected chi connectivity index (χ4v) is 2.37. The summed E-state index contributed by atoms with van der Waals surface area (Å²) >= 11 is 5.79. The van der Waals surface area contributed by atoms with E-state index in [-0.39, 0.29) is 12.3 Å². The largest absolute Gasteiger partial charge is 0.287 e. The molecule has 3 aromatic rings.